The molecular formula is C6H8F2O4S. The molecule has 0 aromatic carbocycles. The van der Waals surface area contributed by atoms with Gasteiger partial charge in [-0.1, -0.05) is 0 Å². The number of carbonyl (C=O) groups is 1. The van der Waals surface area contributed by atoms with E-state index in [2.05, 4.69) is 0 Å². The third-order valence-electron chi connectivity index (χ3n) is 1.97. The summed E-state index contributed by atoms with van der Waals surface area (Å²) in [5, 5.41) is 8.36. The molecule has 1 unspecified atom stereocenters. The Morgan fingerprint density at radius 3 is 2.38 bits per heavy atom. The molecule has 0 bridgehead atoms. The van der Waals surface area contributed by atoms with Crippen molar-refractivity contribution in [2.45, 2.75) is 12.3 Å². The first-order chi connectivity index (χ1) is 5.75. The van der Waals surface area contributed by atoms with Gasteiger partial charge in [-0.3, -0.25) is 4.79 Å². The van der Waals surface area contributed by atoms with E-state index in [1.54, 1.807) is 0 Å². The van der Waals surface area contributed by atoms with Crippen molar-refractivity contribution in [2.24, 2.45) is 5.92 Å². The maximum Gasteiger partial charge on any atom is 0.313 e. The number of hydrogen-bond acceptors (Lipinski definition) is 3. The van der Waals surface area contributed by atoms with Crippen LogP contribution in [0.4, 0.5) is 8.78 Å². The van der Waals surface area contributed by atoms with Crippen LogP contribution in [0.5, 0.6) is 0 Å². The molecule has 0 aromatic heterocycles. The molecule has 1 rings (SSSR count). The number of hydrogen-bond donors (Lipinski definition) is 1. The van der Waals surface area contributed by atoms with Gasteiger partial charge < -0.3 is 5.11 Å². The van der Waals surface area contributed by atoms with Crippen LogP contribution >= 0.6 is 0 Å². The molecule has 7 heteroatoms. The minimum atomic E-state index is -3.61. The Bertz CT molecular complexity index is 322. The zero-order valence-corrected chi connectivity index (χ0v) is 7.35. The van der Waals surface area contributed by atoms with E-state index >= 15 is 0 Å². The summed E-state index contributed by atoms with van der Waals surface area (Å²) in [6, 6.07) is 0. The van der Waals surface area contributed by atoms with Crippen LogP contribution in [0, 0.1) is 5.92 Å². The SMILES string of the molecule is O=C(O)C1CS(=O)(=O)CCC1(F)F. The van der Waals surface area contributed by atoms with Gasteiger partial charge in [0.05, 0.1) is 11.5 Å². The van der Waals surface area contributed by atoms with Crippen LogP contribution in [-0.4, -0.2) is 36.9 Å². The lowest BCUT2D eigenvalue weighted by molar-refractivity contribution is -0.155. The molecule has 76 valence electrons. The number of halogens is 2. The molecule has 1 saturated heterocycles. The predicted molar refractivity (Wildman–Crippen MR) is 39.3 cm³/mol. The van der Waals surface area contributed by atoms with Crippen molar-refractivity contribution in [3.05, 3.63) is 0 Å². The molecule has 1 N–H and O–H groups in total. The van der Waals surface area contributed by atoms with Crippen LogP contribution in [0.2, 0.25) is 0 Å². The lowest BCUT2D eigenvalue weighted by Crippen LogP contribution is -2.45. The van der Waals surface area contributed by atoms with E-state index < -0.39 is 45.6 Å². The van der Waals surface area contributed by atoms with Crippen molar-refractivity contribution in [3.63, 3.8) is 0 Å². The van der Waals surface area contributed by atoms with Crippen LogP contribution in [0.25, 0.3) is 0 Å². The zero-order valence-electron chi connectivity index (χ0n) is 6.53. The highest BCUT2D eigenvalue weighted by atomic mass is 32.2. The molecule has 0 spiro atoms. The topological polar surface area (TPSA) is 71.4 Å². The highest BCUT2D eigenvalue weighted by Gasteiger charge is 2.50. The summed E-state index contributed by atoms with van der Waals surface area (Å²) in [5.41, 5.74) is 0. The summed E-state index contributed by atoms with van der Waals surface area (Å²) >= 11 is 0. The van der Waals surface area contributed by atoms with Gasteiger partial charge in [-0.15, -0.1) is 0 Å². The molecular weight excluding hydrogens is 206 g/mol. The summed E-state index contributed by atoms with van der Waals surface area (Å²) in [5.74, 6) is -8.85. The third-order valence-corrected chi connectivity index (χ3v) is 3.64. The smallest absolute Gasteiger partial charge is 0.313 e. The summed E-state index contributed by atoms with van der Waals surface area (Å²) in [7, 11) is -3.61. The van der Waals surface area contributed by atoms with Gasteiger partial charge in [-0.25, -0.2) is 17.2 Å². The quantitative estimate of drug-likeness (QED) is 0.674. The summed E-state index contributed by atoms with van der Waals surface area (Å²) in [6.07, 6.45) is -0.897. The van der Waals surface area contributed by atoms with Crippen LogP contribution < -0.4 is 0 Å². The van der Waals surface area contributed by atoms with Crippen molar-refractivity contribution < 1.29 is 27.1 Å². The number of carboxylic acid groups (broad SMARTS) is 1. The molecule has 1 aliphatic rings. The molecule has 0 saturated carbocycles. The Labute approximate surface area is 73.5 Å². The van der Waals surface area contributed by atoms with Crippen molar-refractivity contribution in [1.29, 1.82) is 0 Å². The second kappa shape index (κ2) is 2.90. The molecule has 0 amide bonds. The fraction of sp³-hybridized carbons (Fsp3) is 0.833. The highest BCUT2D eigenvalue weighted by Crippen LogP contribution is 2.34. The van der Waals surface area contributed by atoms with E-state index in [0.29, 0.717) is 0 Å². The van der Waals surface area contributed by atoms with Gasteiger partial charge in [0, 0.05) is 6.42 Å². The molecule has 1 fully saturated rings. The van der Waals surface area contributed by atoms with E-state index in [-0.39, 0.29) is 0 Å². The number of sulfone groups is 1. The number of aliphatic carboxylic acids is 1. The Hall–Kier alpha value is -0.720. The van der Waals surface area contributed by atoms with Gasteiger partial charge in [0.2, 0.25) is 0 Å². The van der Waals surface area contributed by atoms with Crippen molar-refractivity contribution in [1.82, 2.24) is 0 Å². The highest BCUT2D eigenvalue weighted by molar-refractivity contribution is 7.91. The Balaban J connectivity index is 2.95. The number of carboxylic acids is 1. The summed E-state index contributed by atoms with van der Waals surface area (Å²) < 4.78 is 47.3. The Morgan fingerprint density at radius 2 is 2.00 bits per heavy atom. The second-order valence-electron chi connectivity index (χ2n) is 3.02. The van der Waals surface area contributed by atoms with Crippen LogP contribution in [-0.2, 0) is 14.6 Å². The first-order valence-electron chi connectivity index (χ1n) is 3.56. The number of rotatable bonds is 1. The van der Waals surface area contributed by atoms with E-state index in [0.717, 1.165) is 0 Å². The third kappa shape index (κ3) is 2.15. The van der Waals surface area contributed by atoms with Gasteiger partial charge in [-0.05, 0) is 0 Å². The van der Waals surface area contributed by atoms with Crippen LogP contribution in [0.15, 0.2) is 0 Å². The van der Waals surface area contributed by atoms with Gasteiger partial charge in [0.1, 0.15) is 5.92 Å². The number of alkyl halides is 2. The first kappa shape index (κ1) is 10.4. The fourth-order valence-electron chi connectivity index (χ4n) is 1.18. The minimum absolute atomic E-state index is 0.635. The Kier molecular flexibility index (Phi) is 2.31. The monoisotopic (exact) mass is 214 g/mol. The molecule has 1 aliphatic heterocycles. The molecule has 0 radical (unpaired) electrons. The average molecular weight is 214 g/mol. The molecule has 1 atom stereocenters. The molecule has 0 aromatic rings. The van der Waals surface area contributed by atoms with Gasteiger partial charge in [0.15, 0.2) is 9.84 Å². The second-order valence-corrected chi connectivity index (χ2v) is 5.24. The maximum absolute atomic E-state index is 12.8. The summed E-state index contributed by atoms with van der Waals surface area (Å²) in [4.78, 5) is 10.3. The van der Waals surface area contributed by atoms with Gasteiger partial charge >= 0.3 is 5.97 Å². The lowest BCUT2D eigenvalue weighted by Gasteiger charge is -2.27. The average Bonchev–Trinajstić information content (AvgIpc) is 1.95. The first-order valence-corrected chi connectivity index (χ1v) is 5.38. The fourth-order valence-corrected chi connectivity index (χ4v) is 2.82. The molecule has 13 heavy (non-hydrogen) atoms. The summed E-state index contributed by atoms with van der Waals surface area (Å²) in [6.45, 7) is 0. The van der Waals surface area contributed by atoms with E-state index in [1.807, 2.05) is 0 Å². The van der Waals surface area contributed by atoms with E-state index in [4.69, 9.17) is 5.11 Å². The van der Waals surface area contributed by atoms with Gasteiger partial charge in [0.25, 0.3) is 5.92 Å². The van der Waals surface area contributed by atoms with Crippen molar-refractivity contribution in [3.8, 4) is 0 Å². The molecule has 1 heterocycles. The lowest BCUT2D eigenvalue weighted by atomic mass is 10.0. The normalized spacial score (nSPS) is 31.1. The van der Waals surface area contributed by atoms with E-state index in [9.17, 15) is 22.0 Å². The minimum Gasteiger partial charge on any atom is -0.481 e. The zero-order chi connectivity index (χ0) is 10.3. The predicted octanol–water partition coefficient (Wildman–Crippen LogP) is 0.141. The molecule has 4 nitrogen and oxygen atoms in total. The van der Waals surface area contributed by atoms with Crippen molar-refractivity contribution in [2.75, 3.05) is 11.5 Å². The van der Waals surface area contributed by atoms with Gasteiger partial charge in [-0.2, -0.15) is 0 Å². The van der Waals surface area contributed by atoms with Crippen LogP contribution in [0.1, 0.15) is 6.42 Å². The standard InChI is InChI=1S/C6H8F2O4S/c7-6(8)1-2-13(11,12)3-4(6)5(9)10/h4H,1-3H2,(H,9,10). The van der Waals surface area contributed by atoms with Crippen LogP contribution in [0.3, 0.4) is 0 Å². The molecule has 0 aliphatic carbocycles. The maximum atomic E-state index is 12.8. The van der Waals surface area contributed by atoms with Crippen molar-refractivity contribution >= 4 is 15.8 Å². The largest absolute Gasteiger partial charge is 0.481 e. The Morgan fingerprint density at radius 1 is 1.46 bits per heavy atom. The van der Waals surface area contributed by atoms with E-state index in [1.165, 1.54) is 0 Å².